The molecule has 140 valence electrons. The Balaban J connectivity index is 1.29. The molecule has 4 heteroatoms. The second kappa shape index (κ2) is 6.56. The van der Waals surface area contributed by atoms with Crippen molar-refractivity contribution in [1.82, 2.24) is 10.2 Å². The second-order valence-electron chi connectivity index (χ2n) is 8.70. The summed E-state index contributed by atoms with van der Waals surface area (Å²) in [7, 11) is 1.95. The van der Waals surface area contributed by atoms with Gasteiger partial charge in [-0.1, -0.05) is 43.2 Å². The van der Waals surface area contributed by atoms with Crippen molar-refractivity contribution < 1.29 is 4.74 Å². The number of nitrogens with one attached hydrogen (secondary N) is 1. The van der Waals surface area contributed by atoms with Crippen molar-refractivity contribution in [3.05, 3.63) is 35.9 Å². The van der Waals surface area contributed by atoms with Gasteiger partial charge in [0.25, 0.3) is 0 Å². The van der Waals surface area contributed by atoms with Gasteiger partial charge < -0.3 is 15.0 Å². The highest BCUT2D eigenvalue weighted by molar-refractivity contribution is 5.81. The van der Waals surface area contributed by atoms with Crippen LogP contribution in [-0.4, -0.2) is 49.7 Å². The third-order valence-electron chi connectivity index (χ3n) is 7.54. The van der Waals surface area contributed by atoms with Crippen molar-refractivity contribution in [2.24, 2.45) is 16.3 Å². The maximum Gasteiger partial charge on any atom is 0.193 e. The molecule has 26 heavy (non-hydrogen) atoms. The number of hydrogen-bond acceptors (Lipinski definition) is 2. The van der Waals surface area contributed by atoms with Crippen LogP contribution in [0.3, 0.4) is 0 Å². The summed E-state index contributed by atoms with van der Waals surface area (Å²) in [6.07, 6.45) is 8.33. The van der Waals surface area contributed by atoms with Crippen molar-refractivity contribution in [1.29, 1.82) is 0 Å². The topological polar surface area (TPSA) is 36.9 Å². The molecule has 4 atom stereocenters. The summed E-state index contributed by atoms with van der Waals surface area (Å²) in [5, 5.41) is 3.92. The lowest BCUT2D eigenvalue weighted by molar-refractivity contribution is -0.125. The summed E-state index contributed by atoms with van der Waals surface area (Å²) < 4.78 is 6.14. The summed E-state index contributed by atoms with van der Waals surface area (Å²) in [6, 6.07) is 11.5. The van der Waals surface area contributed by atoms with Crippen molar-refractivity contribution in [2.45, 2.75) is 56.6 Å². The summed E-state index contributed by atoms with van der Waals surface area (Å²) in [5.74, 6) is 2.43. The minimum absolute atomic E-state index is 0.385. The van der Waals surface area contributed by atoms with Crippen molar-refractivity contribution in [3.63, 3.8) is 0 Å². The van der Waals surface area contributed by atoms with E-state index in [2.05, 4.69) is 45.5 Å². The molecule has 2 aliphatic heterocycles. The Labute approximate surface area is 157 Å². The molecule has 0 amide bonds. The molecule has 0 aromatic heterocycles. The van der Waals surface area contributed by atoms with E-state index in [-0.39, 0.29) is 0 Å². The van der Waals surface area contributed by atoms with Gasteiger partial charge >= 0.3 is 0 Å². The number of ether oxygens (including phenoxy) is 1. The lowest BCUT2D eigenvalue weighted by Crippen LogP contribution is -2.69. The van der Waals surface area contributed by atoms with E-state index >= 15 is 0 Å². The van der Waals surface area contributed by atoms with Gasteiger partial charge in [-0.15, -0.1) is 0 Å². The first-order valence-electron chi connectivity index (χ1n) is 10.5. The van der Waals surface area contributed by atoms with Crippen molar-refractivity contribution in [3.8, 4) is 0 Å². The molecule has 2 heterocycles. The number of fused-ring (bicyclic) bond motifs is 2. The molecule has 1 spiro atoms. The molecule has 0 radical (unpaired) electrons. The summed E-state index contributed by atoms with van der Waals surface area (Å²) >= 11 is 0. The molecule has 2 saturated carbocycles. The SMILES string of the molecule is CN=C(NC1C2CCOC2C12CCCC2)N1CCC(c2ccccc2)C1. The van der Waals surface area contributed by atoms with E-state index in [1.54, 1.807) is 0 Å². The van der Waals surface area contributed by atoms with Crippen LogP contribution in [-0.2, 0) is 4.74 Å². The molecule has 0 bridgehead atoms. The van der Waals surface area contributed by atoms with Gasteiger partial charge in [0.1, 0.15) is 0 Å². The molecule has 2 saturated heterocycles. The zero-order valence-electron chi connectivity index (χ0n) is 15.9. The van der Waals surface area contributed by atoms with Crippen LogP contribution in [0.4, 0.5) is 0 Å². The van der Waals surface area contributed by atoms with Crippen LogP contribution >= 0.6 is 0 Å². The normalized spacial score (nSPS) is 35.6. The number of benzene rings is 1. The number of likely N-dealkylation sites (tertiary alicyclic amines) is 1. The number of rotatable bonds is 2. The van der Waals surface area contributed by atoms with Gasteiger partial charge in [-0.2, -0.15) is 0 Å². The zero-order valence-corrected chi connectivity index (χ0v) is 15.9. The first-order chi connectivity index (χ1) is 12.8. The fourth-order valence-corrected chi connectivity index (χ4v) is 6.29. The van der Waals surface area contributed by atoms with Crippen molar-refractivity contribution in [2.75, 3.05) is 26.7 Å². The average Bonchev–Trinajstić information content (AvgIpc) is 3.43. The van der Waals surface area contributed by atoms with Gasteiger partial charge in [0.2, 0.25) is 0 Å². The maximum absolute atomic E-state index is 6.14. The standard InChI is InChI=1S/C22H31N3O/c1-23-21(25-13-9-17(15-25)16-7-3-2-4-8-16)24-19-18-10-14-26-20(18)22(19)11-5-6-12-22/h2-4,7-8,17-20H,5-6,9-15H2,1H3,(H,23,24). The Morgan fingerprint density at radius 2 is 2.00 bits per heavy atom. The Kier molecular flexibility index (Phi) is 4.19. The third kappa shape index (κ3) is 2.49. The first kappa shape index (κ1) is 16.6. The van der Waals surface area contributed by atoms with Crippen LogP contribution in [0.1, 0.15) is 50.0 Å². The van der Waals surface area contributed by atoms with E-state index in [0.29, 0.717) is 29.4 Å². The van der Waals surface area contributed by atoms with Crippen molar-refractivity contribution >= 4 is 5.96 Å². The van der Waals surface area contributed by atoms with E-state index in [0.717, 1.165) is 25.7 Å². The van der Waals surface area contributed by atoms with E-state index < -0.39 is 0 Å². The van der Waals surface area contributed by atoms with Crippen LogP contribution in [0.15, 0.2) is 35.3 Å². The monoisotopic (exact) mass is 353 g/mol. The highest BCUT2D eigenvalue weighted by Crippen LogP contribution is 2.60. The molecule has 4 nitrogen and oxygen atoms in total. The predicted molar refractivity (Wildman–Crippen MR) is 104 cm³/mol. The molecule has 1 aromatic rings. The van der Waals surface area contributed by atoms with Gasteiger partial charge in [0.15, 0.2) is 5.96 Å². The summed E-state index contributed by atoms with van der Waals surface area (Å²) in [4.78, 5) is 7.16. The molecule has 4 fully saturated rings. The van der Waals surface area contributed by atoms with Crippen LogP contribution in [0, 0.1) is 11.3 Å². The molecule has 5 rings (SSSR count). The van der Waals surface area contributed by atoms with E-state index in [9.17, 15) is 0 Å². The summed E-state index contributed by atoms with van der Waals surface area (Å²) in [5.41, 5.74) is 1.85. The largest absolute Gasteiger partial charge is 0.377 e. The van der Waals surface area contributed by atoms with E-state index in [4.69, 9.17) is 4.74 Å². The fourth-order valence-electron chi connectivity index (χ4n) is 6.29. The van der Waals surface area contributed by atoms with Gasteiger partial charge in [-0.3, -0.25) is 4.99 Å². The maximum atomic E-state index is 6.14. The Morgan fingerprint density at radius 1 is 1.19 bits per heavy atom. The molecule has 2 aliphatic carbocycles. The Hall–Kier alpha value is -1.55. The molecular formula is C22H31N3O. The lowest BCUT2D eigenvalue weighted by Gasteiger charge is -2.57. The lowest BCUT2D eigenvalue weighted by atomic mass is 9.54. The van der Waals surface area contributed by atoms with Gasteiger partial charge in [0.05, 0.1) is 6.10 Å². The molecular weight excluding hydrogens is 322 g/mol. The minimum atomic E-state index is 0.385. The van der Waals surface area contributed by atoms with Crippen LogP contribution in [0.2, 0.25) is 0 Å². The summed E-state index contributed by atoms with van der Waals surface area (Å²) in [6.45, 7) is 3.13. The molecule has 4 aliphatic rings. The number of hydrogen-bond donors (Lipinski definition) is 1. The predicted octanol–water partition coefficient (Wildman–Crippen LogP) is 3.40. The average molecular weight is 354 g/mol. The number of aliphatic imine (C=N–C) groups is 1. The fraction of sp³-hybridized carbons (Fsp3) is 0.682. The molecule has 1 N–H and O–H groups in total. The minimum Gasteiger partial charge on any atom is -0.377 e. The quantitative estimate of drug-likeness (QED) is 0.654. The Bertz CT molecular complexity index is 667. The zero-order chi connectivity index (χ0) is 17.6. The van der Waals surface area contributed by atoms with E-state index in [1.807, 2.05) is 7.05 Å². The highest BCUT2D eigenvalue weighted by atomic mass is 16.5. The molecule has 1 aromatic carbocycles. The number of nitrogens with zero attached hydrogens (tertiary/aromatic N) is 2. The Morgan fingerprint density at radius 3 is 2.77 bits per heavy atom. The van der Waals surface area contributed by atoms with Crippen LogP contribution in [0.25, 0.3) is 0 Å². The van der Waals surface area contributed by atoms with Gasteiger partial charge in [0, 0.05) is 50.0 Å². The van der Waals surface area contributed by atoms with Gasteiger partial charge in [-0.25, -0.2) is 0 Å². The molecule has 4 unspecified atom stereocenters. The van der Waals surface area contributed by atoms with Crippen LogP contribution in [0.5, 0.6) is 0 Å². The smallest absolute Gasteiger partial charge is 0.193 e. The highest BCUT2D eigenvalue weighted by Gasteiger charge is 2.65. The van der Waals surface area contributed by atoms with Gasteiger partial charge in [-0.05, 0) is 31.2 Å². The second-order valence-corrected chi connectivity index (χ2v) is 8.70. The number of guanidine groups is 1. The van der Waals surface area contributed by atoms with E-state index in [1.165, 1.54) is 44.1 Å². The van der Waals surface area contributed by atoms with Crippen LogP contribution < -0.4 is 5.32 Å². The first-order valence-corrected chi connectivity index (χ1v) is 10.5. The third-order valence-corrected chi connectivity index (χ3v) is 7.54.